The van der Waals surface area contributed by atoms with Crippen LogP contribution < -0.4 is 15.5 Å². The van der Waals surface area contributed by atoms with Crippen molar-refractivity contribution in [3.05, 3.63) is 60.2 Å². The van der Waals surface area contributed by atoms with Gasteiger partial charge in [-0.15, -0.1) is 0 Å². The van der Waals surface area contributed by atoms with Crippen molar-refractivity contribution in [2.75, 3.05) is 0 Å². The molecule has 1 aliphatic heterocycles. The average molecular weight is 411 g/mol. The number of nitrogens with zero attached hydrogens (tertiary/aromatic N) is 1. The topological polar surface area (TPSA) is 108 Å². The minimum atomic E-state index is -1.07. The summed E-state index contributed by atoms with van der Waals surface area (Å²) in [6.45, 7) is 3.40. The predicted molar refractivity (Wildman–Crippen MR) is 109 cm³/mol. The van der Waals surface area contributed by atoms with Gasteiger partial charge in [-0.05, 0) is 48.6 Å². The van der Waals surface area contributed by atoms with E-state index in [4.69, 9.17) is 9.94 Å². The number of urea groups is 1. The van der Waals surface area contributed by atoms with Gasteiger partial charge >= 0.3 is 6.03 Å². The maximum atomic E-state index is 12.7. The van der Waals surface area contributed by atoms with Gasteiger partial charge in [0.15, 0.2) is 0 Å². The minimum absolute atomic E-state index is 0.345. The first kappa shape index (κ1) is 21.3. The van der Waals surface area contributed by atoms with Crippen molar-refractivity contribution in [1.82, 2.24) is 15.7 Å². The number of hydrogen-bond acceptors (Lipinski definition) is 5. The smallest absolute Gasteiger partial charge is 0.325 e. The second-order valence-electron chi connectivity index (χ2n) is 7.47. The highest BCUT2D eigenvalue weighted by Gasteiger charge is 2.45. The van der Waals surface area contributed by atoms with E-state index < -0.39 is 29.9 Å². The fraction of sp³-hybridized carbons (Fsp3) is 0.318. The number of aryl methyl sites for hydroxylation is 1. The molecule has 2 atom stereocenters. The molecule has 158 valence electrons. The second kappa shape index (κ2) is 9.41. The van der Waals surface area contributed by atoms with Gasteiger partial charge in [0.25, 0.3) is 11.8 Å². The van der Waals surface area contributed by atoms with Gasteiger partial charge in [0.2, 0.25) is 0 Å². The lowest BCUT2D eigenvalue weighted by Gasteiger charge is -2.26. The van der Waals surface area contributed by atoms with E-state index in [0.717, 1.165) is 16.2 Å². The molecule has 1 saturated heterocycles. The van der Waals surface area contributed by atoms with Crippen LogP contribution in [0.5, 0.6) is 11.5 Å². The Morgan fingerprint density at radius 1 is 1.10 bits per heavy atom. The maximum absolute atomic E-state index is 12.7. The number of imide groups is 1. The Labute approximate surface area is 174 Å². The Bertz CT molecular complexity index is 899. The van der Waals surface area contributed by atoms with Gasteiger partial charge < -0.3 is 10.1 Å². The van der Waals surface area contributed by atoms with Gasteiger partial charge in [-0.2, -0.15) is 0 Å². The average Bonchev–Trinajstić information content (AvgIpc) is 3.02. The number of para-hydroxylation sites is 1. The Hall–Kier alpha value is -3.39. The lowest BCUT2D eigenvalue weighted by atomic mass is 10.0. The maximum Gasteiger partial charge on any atom is 0.325 e. The van der Waals surface area contributed by atoms with Crippen molar-refractivity contribution in [2.24, 2.45) is 5.92 Å². The molecule has 3 rings (SSSR count). The molecule has 3 N–H and O–H groups in total. The van der Waals surface area contributed by atoms with Crippen LogP contribution in [0.25, 0.3) is 0 Å². The van der Waals surface area contributed by atoms with Gasteiger partial charge in [0.1, 0.15) is 23.6 Å². The first-order valence-electron chi connectivity index (χ1n) is 9.80. The number of ether oxygens (including phenoxy) is 1. The summed E-state index contributed by atoms with van der Waals surface area (Å²) in [4.78, 5) is 37.9. The predicted octanol–water partition coefficient (Wildman–Crippen LogP) is 2.86. The van der Waals surface area contributed by atoms with Crippen LogP contribution in [0.4, 0.5) is 4.79 Å². The summed E-state index contributed by atoms with van der Waals surface area (Å²) >= 11 is 0. The SMILES string of the molecule is CC(C)[C@H](C(=O)NO)N1C(=O)N[C@@H](CCc2ccc(Oc3ccccc3)cc2)C1=O. The fourth-order valence-corrected chi connectivity index (χ4v) is 3.45. The van der Waals surface area contributed by atoms with Crippen LogP contribution >= 0.6 is 0 Å². The molecule has 0 unspecified atom stereocenters. The van der Waals surface area contributed by atoms with Crippen LogP contribution in [-0.2, 0) is 16.0 Å². The molecular weight excluding hydrogens is 386 g/mol. The number of hydrogen-bond donors (Lipinski definition) is 3. The molecule has 0 saturated carbocycles. The van der Waals surface area contributed by atoms with E-state index in [1.807, 2.05) is 54.6 Å². The lowest BCUT2D eigenvalue weighted by molar-refractivity contribution is -0.142. The van der Waals surface area contributed by atoms with Crippen LogP contribution in [0.15, 0.2) is 54.6 Å². The Morgan fingerprint density at radius 3 is 2.33 bits per heavy atom. The van der Waals surface area contributed by atoms with Crippen molar-refractivity contribution in [2.45, 2.75) is 38.8 Å². The van der Waals surface area contributed by atoms with Crippen LogP contribution in [0.2, 0.25) is 0 Å². The largest absolute Gasteiger partial charge is 0.457 e. The van der Waals surface area contributed by atoms with Crippen molar-refractivity contribution in [1.29, 1.82) is 0 Å². The molecule has 8 nitrogen and oxygen atoms in total. The van der Waals surface area contributed by atoms with Crippen LogP contribution in [0.1, 0.15) is 25.8 Å². The van der Waals surface area contributed by atoms with E-state index in [-0.39, 0.29) is 5.92 Å². The number of carbonyl (C=O) groups excluding carboxylic acids is 3. The minimum Gasteiger partial charge on any atom is -0.457 e. The molecule has 1 fully saturated rings. The standard InChI is InChI=1S/C22H25N3O5/c1-14(2)19(20(26)24-29)25-21(27)18(23-22(25)28)13-10-15-8-11-17(12-9-15)30-16-6-4-3-5-7-16/h3-9,11-12,14,18-19,29H,10,13H2,1-2H3,(H,23,28)(H,24,26)/t18-,19+/m0/s1. The summed E-state index contributed by atoms with van der Waals surface area (Å²) in [5.74, 6) is -0.148. The molecule has 0 bridgehead atoms. The normalized spacial score (nSPS) is 17.1. The van der Waals surface area contributed by atoms with E-state index >= 15 is 0 Å². The quantitative estimate of drug-likeness (QED) is 0.352. The summed E-state index contributed by atoms with van der Waals surface area (Å²) in [6, 6.07) is 14.6. The summed E-state index contributed by atoms with van der Waals surface area (Å²) in [5.41, 5.74) is 2.53. The summed E-state index contributed by atoms with van der Waals surface area (Å²) < 4.78 is 5.76. The first-order valence-corrected chi connectivity index (χ1v) is 9.80. The molecule has 4 amide bonds. The summed E-state index contributed by atoms with van der Waals surface area (Å²) in [7, 11) is 0. The van der Waals surface area contributed by atoms with Crippen molar-refractivity contribution in [3.8, 4) is 11.5 Å². The fourth-order valence-electron chi connectivity index (χ4n) is 3.45. The number of benzene rings is 2. The van der Waals surface area contributed by atoms with E-state index in [0.29, 0.717) is 18.6 Å². The summed E-state index contributed by atoms with van der Waals surface area (Å²) in [5, 5.41) is 11.6. The van der Waals surface area contributed by atoms with E-state index in [1.165, 1.54) is 5.48 Å². The van der Waals surface area contributed by atoms with E-state index in [9.17, 15) is 14.4 Å². The Kier molecular flexibility index (Phi) is 6.68. The second-order valence-corrected chi connectivity index (χ2v) is 7.47. The zero-order chi connectivity index (χ0) is 21.7. The van der Waals surface area contributed by atoms with Gasteiger partial charge in [-0.1, -0.05) is 44.2 Å². The number of amides is 4. The third kappa shape index (κ3) is 4.77. The zero-order valence-electron chi connectivity index (χ0n) is 16.9. The molecule has 30 heavy (non-hydrogen) atoms. The van der Waals surface area contributed by atoms with Crippen molar-refractivity contribution >= 4 is 17.8 Å². The third-order valence-electron chi connectivity index (χ3n) is 4.96. The first-order chi connectivity index (χ1) is 14.4. The highest BCUT2D eigenvalue weighted by atomic mass is 16.5. The van der Waals surface area contributed by atoms with Crippen LogP contribution in [0, 0.1) is 5.92 Å². The molecule has 1 heterocycles. The Morgan fingerprint density at radius 2 is 1.73 bits per heavy atom. The molecule has 8 heteroatoms. The third-order valence-corrected chi connectivity index (χ3v) is 4.96. The van der Waals surface area contributed by atoms with Crippen LogP contribution in [-0.4, -0.2) is 40.0 Å². The number of rotatable bonds is 8. The van der Waals surface area contributed by atoms with Gasteiger partial charge in [-0.25, -0.2) is 15.2 Å². The highest BCUT2D eigenvalue weighted by molar-refractivity contribution is 6.07. The van der Waals surface area contributed by atoms with Crippen molar-refractivity contribution in [3.63, 3.8) is 0 Å². The van der Waals surface area contributed by atoms with E-state index in [2.05, 4.69) is 5.32 Å². The molecular formula is C22H25N3O5. The molecule has 0 spiro atoms. The zero-order valence-corrected chi connectivity index (χ0v) is 16.9. The van der Waals surface area contributed by atoms with Crippen LogP contribution in [0.3, 0.4) is 0 Å². The molecule has 2 aromatic carbocycles. The molecule has 0 radical (unpaired) electrons. The number of carbonyl (C=O) groups is 3. The molecule has 1 aliphatic rings. The Balaban J connectivity index is 1.60. The number of hydroxylamine groups is 1. The lowest BCUT2D eigenvalue weighted by Crippen LogP contribution is -2.52. The van der Waals surface area contributed by atoms with E-state index in [1.54, 1.807) is 13.8 Å². The van der Waals surface area contributed by atoms with Gasteiger partial charge in [0.05, 0.1) is 0 Å². The monoisotopic (exact) mass is 411 g/mol. The van der Waals surface area contributed by atoms with Gasteiger partial charge in [-0.3, -0.25) is 14.8 Å². The molecule has 0 aliphatic carbocycles. The summed E-state index contributed by atoms with van der Waals surface area (Å²) in [6.07, 6.45) is 0.959. The molecule has 2 aromatic rings. The molecule has 0 aromatic heterocycles. The number of nitrogens with one attached hydrogen (secondary N) is 2. The van der Waals surface area contributed by atoms with Crippen molar-refractivity contribution < 1.29 is 24.3 Å². The van der Waals surface area contributed by atoms with Gasteiger partial charge in [0, 0.05) is 0 Å². The highest BCUT2D eigenvalue weighted by Crippen LogP contribution is 2.23.